The van der Waals surface area contributed by atoms with Crippen LogP contribution in [0.25, 0.3) is 0 Å². The predicted octanol–water partition coefficient (Wildman–Crippen LogP) is -6.23. The molecule has 0 amide bonds. The fourth-order valence-electron chi connectivity index (χ4n) is 0. The molecule has 0 atom stereocenters. The zero-order chi connectivity index (χ0) is 8.08. The summed E-state index contributed by atoms with van der Waals surface area (Å²) in [6.07, 6.45) is 0. The second-order valence-electron chi connectivity index (χ2n) is 0.632. The van der Waals surface area contributed by atoms with Gasteiger partial charge in [0.2, 0.25) is 0 Å². The summed E-state index contributed by atoms with van der Waals surface area (Å²) in [7, 11) is 0. The van der Waals surface area contributed by atoms with Crippen LogP contribution in [0.3, 0.4) is 0 Å². The molecule has 0 saturated heterocycles. The molecule has 0 spiro atoms. The van der Waals surface area contributed by atoms with Crippen molar-refractivity contribution in [2.24, 2.45) is 0 Å². The summed E-state index contributed by atoms with van der Waals surface area (Å²) in [4.78, 5) is 8.25. The molecule has 11 heteroatoms. The first-order chi connectivity index (χ1) is 3.73. The summed E-state index contributed by atoms with van der Waals surface area (Å²) in [5.74, 6) is 0. The van der Waals surface area contributed by atoms with E-state index in [1.165, 1.54) is 0 Å². The van der Waals surface area contributed by atoms with Crippen LogP contribution in [-0.4, -0.2) is 32.4 Å². The van der Waals surface area contributed by atoms with Gasteiger partial charge in [-0.15, -0.1) is 0 Å². The first-order valence-corrected chi connectivity index (χ1v) is 3.30. The van der Waals surface area contributed by atoms with Gasteiger partial charge >= 0.3 is 108 Å². The molecule has 0 saturated carbocycles. The second kappa shape index (κ2) is 11.8. The molecule has 8 nitrogen and oxygen atoms in total. The third-order valence-electron chi connectivity index (χ3n) is 0. The zero-order valence-corrected chi connectivity index (χ0v) is 13.5. The smallest absolute Gasteiger partial charge is 2.00 e. The molecule has 0 bridgehead atoms. The Morgan fingerprint density at radius 3 is 1.09 bits per heavy atom. The molecule has 0 aliphatic rings. The Balaban J connectivity index is -0.0000000383. The van der Waals surface area contributed by atoms with Gasteiger partial charge in [0.1, 0.15) is 0 Å². The summed E-state index contributed by atoms with van der Waals surface area (Å²) in [5.41, 5.74) is 0. The Bertz CT molecular complexity index is 161. The van der Waals surface area contributed by atoms with E-state index >= 15 is 0 Å². The SMILES string of the molecule is O=[N+]([O-])[O-].[K+].[O]=[Cr](=[O])([O-])[O-].[Pb+2]. The van der Waals surface area contributed by atoms with Crippen LogP contribution in [-0.2, 0) is 21.2 Å². The molecule has 0 aromatic carbocycles. The van der Waals surface area contributed by atoms with E-state index in [4.69, 9.17) is 31.2 Å². The molecule has 2 radical (unpaired) electrons. The summed E-state index contributed by atoms with van der Waals surface area (Å²) >= 11 is -5.75. The standard InChI is InChI=1S/Cr.K.NO3.4O.Pb/c;;2-1(3)4;;;;;/q;+1;-1;;;2*-1;+2. The maximum atomic E-state index is 8.59. The van der Waals surface area contributed by atoms with Gasteiger partial charge in [-0.3, -0.25) is 0 Å². The number of hydrogen-bond donors (Lipinski definition) is 0. The Morgan fingerprint density at radius 1 is 1.09 bits per heavy atom. The van der Waals surface area contributed by atoms with Gasteiger partial charge in [-0.25, -0.2) is 0 Å². The Morgan fingerprint density at radius 2 is 1.09 bits per heavy atom. The average molecular weight is 424 g/mol. The third-order valence-corrected chi connectivity index (χ3v) is 0. The van der Waals surface area contributed by atoms with Crippen LogP contribution in [0.4, 0.5) is 0 Å². The molecule has 11 heavy (non-hydrogen) atoms. The van der Waals surface area contributed by atoms with Gasteiger partial charge < -0.3 is 15.3 Å². The fourth-order valence-corrected chi connectivity index (χ4v) is 0. The summed E-state index contributed by atoms with van der Waals surface area (Å²) in [6, 6.07) is 0. The van der Waals surface area contributed by atoms with E-state index in [1.807, 2.05) is 0 Å². The minimum atomic E-state index is -5.75. The molecule has 0 aromatic heterocycles. The van der Waals surface area contributed by atoms with Crippen LogP contribution in [0.1, 0.15) is 0 Å². The van der Waals surface area contributed by atoms with E-state index in [9.17, 15) is 0 Å². The molecule has 0 N–H and O–H groups in total. The molecule has 0 aromatic rings. The molecule has 58 valence electrons. The van der Waals surface area contributed by atoms with E-state index in [-0.39, 0.29) is 78.7 Å². The summed E-state index contributed by atoms with van der Waals surface area (Å²) in [6.45, 7) is 0. The Hall–Kier alpha value is 1.81. The van der Waals surface area contributed by atoms with Crippen LogP contribution >= 0.6 is 0 Å². The van der Waals surface area contributed by atoms with E-state index in [2.05, 4.69) is 0 Å². The molecule has 0 aliphatic heterocycles. The monoisotopic (exact) mass is 425 g/mol. The van der Waals surface area contributed by atoms with Gasteiger partial charge in [-0.05, 0) is 0 Å². The van der Waals surface area contributed by atoms with Crippen molar-refractivity contribution in [2.75, 3.05) is 0 Å². The van der Waals surface area contributed by atoms with E-state index in [0.29, 0.717) is 0 Å². The van der Waals surface area contributed by atoms with Gasteiger partial charge in [0, 0.05) is 0 Å². The molecule has 0 rings (SSSR count). The van der Waals surface area contributed by atoms with Crippen molar-refractivity contribution in [3.05, 3.63) is 15.3 Å². The topological polar surface area (TPSA) is 146 Å². The molecule has 0 aliphatic carbocycles. The quantitative estimate of drug-likeness (QED) is 0.214. The second-order valence-corrected chi connectivity index (χ2v) is 1.91. The minimum Gasteiger partial charge on any atom is 2.00 e. The summed E-state index contributed by atoms with van der Waals surface area (Å²) in [5, 5.41) is 14.8. The normalized spacial score (nSPS) is 7.45. The fraction of sp³-hybridized carbons (Fsp3) is 0. The minimum absolute atomic E-state index is 0. The molecule has 0 unspecified atom stereocenters. The Kier molecular flexibility index (Phi) is 24.7. The molecule has 0 fully saturated rings. The van der Waals surface area contributed by atoms with Crippen molar-refractivity contribution in [3.63, 3.8) is 0 Å². The van der Waals surface area contributed by atoms with Gasteiger partial charge in [0.05, 0.1) is 5.09 Å². The largest absolute Gasteiger partial charge is 2.00 e. The van der Waals surface area contributed by atoms with Gasteiger partial charge in [0.15, 0.2) is 0 Å². The maximum absolute atomic E-state index is 8.59. The van der Waals surface area contributed by atoms with Gasteiger partial charge in [0.25, 0.3) is 0 Å². The van der Waals surface area contributed by atoms with Crippen molar-refractivity contribution in [2.45, 2.75) is 0 Å². The van der Waals surface area contributed by atoms with Crippen molar-refractivity contribution < 1.29 is 86.0 Å². The number of nitrogens with zero attached hydrogens (tertiary/aromatic N) is 1. The third kappa shape index (κ3) is 347. The van der Waals surface area contributed by atoms with Crippen LogP contribution in [0.5, 0.6) is 0 Å². The zero-order valence-electron chi connectivity index (χ0n) is 5.21. The molecular weight excluding hydrogens is 424 g/mol. The van der Waals surface area contributed by atoms with Crippen LogP contribution in [0.15, 0.2) is 0 Å². The van der Waals surface area contributed by atoms with E-state index in [1.54, 1.807) is 0 Å². The van der Waals surface area contributed by atoms with Crippen molar-refractivity contribution in [1.82, 2.24) is 0 Å². The van der Waals surface area contributed by atoms with Crippen LogP contribution in [0.2, 0.25) is 0 Å². The Labute approximate surface area is 126 Å². The number of rotatable bonds is 0. The van der Waals surface area contributed by atoms with Crippen molar-refractivity contribution >= 4 is 27.3 Å². The molecular formula is CrKNO7Pb. The maximum Gasteiger partial charge on any atom is 2.00 e. The van der Waals surface area contributed by atoms with Crippen molar-refractivity contribution in [1.29, 1.82) is 0 Å². The van der Waals surface area contributed by atoms with Gasteiger partial charge in [-0.1, -0.05) is 0 Å². The van der Waals surface area contributed by atoms with Gasteiger partial charge in [-0.2, -0.15) is 0 Å². The van der Waals surface area contributed by atoms with E-state index < -0.39 is 18.7 Å². The average Bonchev–Trinajstić information content (AvgIpc) is 1.19. The van der Waals surface area contributed by atoms with Crippen LogP contribution in [0, 0.1) is 15.3 Å². The van der Waals surface area contributed by atoms with Crippen LogP contribution < -0.4 is 59.7 Å². The first kappa shape index (κ1) is 23.0. The molecule has 0 heterocycles. The van der Waals surface area contributed by atoms with E-state index in [0.717, 1.165) is 0 Å². The number of hydrogen-bond acceptors (Lipinski definition) is 7. The predicted molar refractivity (Wildman–Crippen MR) is 17.5 cm³/mol. The first-order valence-electron chi connectivity index (χ1n) is 1.21. The van der Waals surface area contributed by atoms with Crippen molar-refractivity contribution in [3.8, 4) is 0 Å². The summed E-state index contributed by atoms with van der Waals surface area (Å²) < 4.78 is 34.4.